The zero-order valence-corrected chi connectivity index (χ0v) is 14.2. The molecule has 0 amide bonds. The van der Waals surface area contributed by atoms with E-state index in [1.54, 1.807) is 19.2 Å². The number of nitrogens with zero attached hydrogens (tertiary/aromatic N) is 1. The van der Waals surface area contributed by atoms with Gasteiger partial charge in [0.1, 0.15) is 0 Å². The monoisotopic (exact) mass is 310 g/mol. The van der Waals surface area contributed by atoms with E-state index < -0.39 is 10.0 Å². The molecule has 0 aromatic heterocycles. The highest BCUT2D eigenvalue weighted by molar-refractivity contribution is 7.89. The molecule has 0 aliphatic carbocycles. The summed E-state index contributed by atoms with van der Waals surface area (Å²) >= 11 is 0. The lowest BCUT2D eigenvalue weighted by Gasteiger charge is -2.25. The first-order valence-electron chi connectivity index (χ1n) is 7.58. The molecule has 1 heterocycles. The van der Waals surface area contributed by atoms with Crippen LogP contribution in [-0.4, -0.2) is 38.9 Å². The molecule has 1 aliphatic rings. The highest BCUT2D eigenvalue weighted by Crippen LogP contribution is 2.28. The minimum absolute atomic E-state index is 0.0572. The van der Waals surface area contributed by atoms with E-state index in [0.29, 0.717) is 4.90 Å². The van der Waals surface area contributed by atoms with Gasteiger partial charge in [-0.05, 0) is 42.5 Å². The van der Waals surface area contributed by atoms with Gasteiger partial charge in [-0.25, -0.2) is 8.42 Å². The number of nitrogens with one attached hydrogen (secondary N) is 1. The van der Waals surface area contributed by atoms with Gasteiger partial charge in [-0.3, -0.25) is 0 Å². The van der Waals surface area contributed by atoms with Crippen LogP contribution in [0.15, 0.2) is 29.2 Å². The maximum absolute atomic E-state index is 12.6. The van der Waals surface area contributed by atoms with E-state index in [1.165, 1.54) is 9.87 Å². The van der Waals surface area contributed by atoms with Crippen LogP contribution in [0.2, 0.25) is 0 Å². The molecule has 0 spiro atoms. The largest absolute Gasteiger partial charge is 0.315 e. The van der Waals surface area contributed by atoms with Crippen LogP contribution in [0.5, 0.6) is 0 Å². The smallest absolute Gasteiger partial charge is 0.243 e. The van der Waals surface area contributed by atoms with Crippen LogP contribution in [0, 0.1) is 0 Å². The minimum atomic E-state index is -3.40. The molecule has 1 fully saturated rings. The van der Waals surface area contributed by atoms with Crippen molar-refractivity contribution in [3.05, 3.63) is 29.8 Å². The van der Waals surface area contributed by atoms with Gasteiger partial charge in [0.2, 0.25) is 10.0 Å². The Labute approximate surface area is 128 Å². The van der Waals surface area contributed by atoms with Gasteiger partial charge in [-0.15, -0.1) is 0 Å². The zero-order chi connectivity index (χ0) is 15.7. The number of hydrogen-bond acceptors (Lipinski definition) is 3. The Morgan fingerprint density at radius 3 is 2.38 bits per heavy atom. The van der Waals surface area contributed by atoms with E-state index in [0.717, 1.165) is 25.9 Å². The third-order valence-electron chi connectivity index (χ3n) is 4.75. The quantitative estimate of drug-likeness (QED) is 0.908. The molecule has 1 atom stereocenters. The molecule has 1 unspecified atom stereocenters. The van der Waals surface area contributed by atoms with Crippen molar-refractivity contribution in [3.63, 3.8) is 0 Å². The summed E-state index contributed by atoms with van der Waals surface area (Å²) in [5.74, 6) is 0. The van der Waals surface area contributed by atoms with E-state index >= 15 is 0 Å². The molecule has 0 bridgehead atoms. The van der Waals surface area contributed by atoms with Gasteiger partial charge in [-0.2, -0.15) is 4.31 Å². The SMILES string of the molecule is CCC(C)(C)c1ccc(S(=O)(=O)N(C)C2CCNC2)cc1. The van der Waals surface area contributed by atoms with Crippen LogP contribution in [0.3, 0.4) is 0 Å². The first-order chi connectivity index (χ1) is 9.79. The van der Waals surface area contributed by atoms with Gasteiger partial charge in [0, 0.05) is 19.6 Å². The summed E-state index contributed by atoms with van der Waals surface area (Å²) < 4.78 is 26.8. The lowest BCUT2D eigenvalue weighted by molar-refractivity contribution is 0.387. The predicted molar refractivity (Wildman–Crippen MR) is 86.0 cm³/mol. The molecule has 1 aromatic carbocycles. The molecule has 4 nitrogen and oxygen atoms in total. The molecule has 1 N–H and O–H groups in total. The first-order valence-corrected chi connectivity index (χ1v) is 9.02. The van der Waals surface area contributed by atoms with Crippen LogP contribution >= 0.6 is 0 Å². The van der Waals surface area contributed by atoms with Gasteiger partial charge in [0.15, 0.2) is 0 Å². The Bertz CT molecular complexity index is 573. The molecule has 118 valence electrons. The normalized spacial score (nSPS) is 20.1. The number of rotatable bonds is 5. The summed E-state index contributed by atoms with van der Waals surface area (Å²) in [5.41, 5.74) is 1.25. The molecule has 2 rings (SSSR count). The number of sulfonamides is 1. The topological polar surface area (TPSA) is 49.4 Å². The van der Waals surface area contributed by atoms with E-state index in [1.807, 2.05) is 12.1 Å². The lowest BCUT2D eigenvalue weighted by Crippen LogP contribution is -2.38. The summed E-state index contributed by atoms with van der Waals surface area (Å²) in [6.45, 7) is 8.11. The van der Waals surface area contributed by atoms with E-state index in [-0.39, 0.29) is 11.5 Å². The summed E-state index contributed by atoms with van der Waals surface area (Å²) in [5, 5.41) is 3.21. The predicted octanol–water partition coefficient (Wildman–Crippen LogP) is 2.36. The van der Waals surface area contributed by atoms with Crippen LogP contribution in [0.1, 0.15) is 39.2 Å². The second-order valence-corrected chi connectivity index (χ2v) is 8.43. The van der Waals surface area contributed by atoms with Gasteiger partial charge in [-0.1, -0.05) is 32.9 Å². The number of benzene rings is 1. The standard InChI is InChI=1S/C16H26N2O2S/c1-5-16(2,3)13-6-8-15(9-7-13)21(19,20)18(4)14-10-11-17-12-14/h6-9,14,17H,5,10-12H2,1-4H3. The molecule has 1 aliphatic heterocycles. The summed E-state index contributed by atoms with van der Waals surface area (Å²) in [6.07, 6.45) is 1.89. The lowest BCUT2D eigenvalue weighted by atomic mass is 9.82. The average Bonchev–Trinajstić information content (AvgIpc) is 3.00. The second kappa shape index (κ2) is 6.07. The van der Waals surface area contributed by atoms with Crippen molar-refractivity contribution < 1.29 is 8.42 Å². The fraction of sp³-hybridized carbons (Fsp3) is 0.625. The van der Waals surface area contributed by atoms with Crippen LogP contribution in [-0.2, 0) is 15.4 Å². The molecular formula is C16H26N2O2S. The summed E-state index contributed by atoms with van der Waals surface area (Å²) in [4.78, 5) is 0.382. The molecule has 0 saturated carbocycles. The van der Waals surface area contributed by atoms with Crippen LogP contribution in [0.25, 0.3) is 0 Å². The maximum atomic E-state index is 12.6. The Kier molecular flexibility index (Phi) is 4.76. The van der Waals surface area contributed by atoms with E-state index in [2.05, 4.69) is 26.1 Å². The van der Waals surface area contributed by atoms with E-state index in [4.69, 9.17) is 0 Å². The Hall–Kier alpha value is -0.910. The van der Waals surface area contributed by atoms with Crippen molar-refractivity contribution in [1.29, 1.82) is 0 Å². The second-order valence-electron chi connectivity index (χ2n) is 6.43. The highest BCUT2D eigenvalue weighted by Gasteiger charge is 2.30. The van der Waals surface area contributed by atoms with Crippen LogP contribution in [0.4, 0.5) is 0 Å². The van der Waals surface area contributed by atoms with Crippen LogP contribution < -0.4 is 5.32 Å². The zero-order valence-electron chi connectivity index (χ0n) is 13.4. The van der Waals surface area contributed by atoms with E-state index in [9.17, 15) is 8.42 Å². The fourth-order valence-electron chi connectivity index (χ4n) is 2.59. The van der Waals surface area contributed by atoms with Crippen molar-refractivity contribution in [1.82, 2.24) is 9.62 Å². The molecule has 21 heavy (non-hydrogen) atoms. The molecule has 1 aromatic rings. The van der Waals surface area contributed by atoms with Gasteiger partial charge < -0.3 is 5.32 Å². The maximum Gasteiger partial charge on any atom is 0.243 e. The van der Waals surface area contributed by atoms with Gasteiger partial charge in [0.05, 0.1) is 4.90 Å². The average molecular weight is 310 g/mol. The van der Waals surface area contributed by atoms with Crippen molar-refractivity contribution in [2.24, 2.45) is 0 Å². The molecule has 5 heteroatoms. The third-order valence-corrected chi connectivity index (χ3v) is 6.67. The summed E-state index contributed by atoms with van der Waals surface area (Å²) in [6, 6.07) is 7.41. The van der Waals surface area contributed by atoms with Crippen molar-refractivity contribution in [2.75, 3.05) is 20.1 Å². The Morgan fingerprint density at radius 1 is 1.29 bits per heavy atom. The molecule has 0 radical (unpaired) electrons. The van der Waals surface area contributed by atoms with Crippen molar-refractivity contribution >= 4 is 10.0 Å². The van der Waals surface area contributed by atoms with Crippen molar-refractivity contribution in [2.45, 2.75) is 50.0 Å². The number of likely N-dealkylation sites (N-methyl/N-ethyl adjacent to an activating group) is 1. The number of hydrogen-bond donors (Lipinski definition) is 1. The molecule has 1 saturated heterocycles. The first kappa shape index (κ1) is 16.5. The Balaban J connectivity index is 2.24. The minimum Gasteiger partial charge on any atom is -0.315 e. The third kappa shape index (κ3) is 3.30. The van der Waals surface area contributed by atoms with Gasteiger partial charge in [0.25, 0.3) is 0 Å². The summed E-state index contributed by atoms with van der Waals surface area (Å²) in [7, 11) is -1.72. The molecular weight excluding hydrogens is 284 g/mol. The fourth-order valence-corrected chi connectivity index (χ4v) is 3.98. The Morgan fingerprint density at radius 2 is 1.90 bits per heavy atom. The highest BCUT2D eigenvalue weighted by atomic mass is 32.2. The van der Waals surface area contributed by atoms with Gasteiger partial charge >= 0.3 is 0 Å². The van der Waals surface area contributed by atoms with Crippen molar-refractivity contribution in [3.8, 4) is 0 Å².